The van der Waals surface area contributed by atoms with Crippen LogP contribution in [0.4, 0.5) is 15.8 Å². The van der Waals surface area contributed by atoms with Crippen molar-refractivity contribution < 1.29 is 9.31 Å². The van der Waals surface area contributed by atoms with Gasteiger partial charge < -0.3 is 5.32 Å². The highest BCUT2D eigenvalue weighted by Gasteiger charge is 2.18. The fraction of sp³-hybridized carbons (Fsp3) is 0.333. The second kappa shape index (κ2) is 5.30. The van der Waals surface area contributed by atoms with Gasteiger partial charge in [-0.3, -0.25) is 10.1 Å². The van der Waals surface area contributed by atoms with Crippen LogP contribution in [0.25, 0.3) is 0 Å². The highest BCUT2D eigenvalue weighted by molar-refractivity contribution is 5.63. The number of nitro groups is 1. The molecule has 0 heterocycles. The van der Waals surface area contributed by atoms with Gasteiger partial charge in [-0.15, -0.1) is 12.3 Å². The molecular formula is C12H13FN2O2. The lowest BCUT2D eigenvalue weighted by molar-refractivity contribution is -0.384. The molecule has 0 amide bonds. The molecular weight excluding hydrogens is 223 g/mol. The molecule has 1 unspecified atom stereocenters. The van der Waals surface area contributed by atoms with E-state index in [4.69, 9.17) is 6.42 Å². The van der Waals surface area contributed by atoms with E-state index in [0.717, 1.165) is 6.07 Å². The summed E-state index contributed by atoms with van der Waals surface area (Å²) < 4.78 is 13.2. The van der Waals surface area contributed by atoms with Gasteiger partial charge in [0.05, 0.1) is 11.0 Å². The number of hydrogen-bond donors (Lipinski definition) is 1. The lowest BCUT2D eigenvalue weighted by Gasteiger charge is -2.13. The van der Waals surface area contributed by atoms with Gasteiger partial charge in [0.1, 0.15) is 11.5 Å². The number of nitrogens with one attached hydrogen (secondary N) is 1. The predicted octanol–water partition coefficient (Wildman–Crippen LogP) is 2.87. The third kappa shape index (κ3) is 3.18. The van der Waals surface area contributed by atoms with E-state index in [0.29, 0.717) is 12.0 Å². The lowest BCUT2D eigenvalue weighted by Crippen LogP contribution is -2.15. The molecule has 0 spiro atoms. The molecule has 1 N–H and O–H groups in total. The van der Waals surface area contributed by atoms with Crippen molar-refractivity contribution >= 4 is 11.4 Å². The quantitative estimate of drug-likeness (QED) is 0.497. The number of anilines is 1. The van der Waals surface area contributed by atoms with Crippen LogP contribution in [0.3, 0.4) is 0 Å². The second-order valence-electron chi connectivity index (χ2n) is 3.83. The minimum absolute atomic E-state index is 0.108. The molecule has 1 aromatic carbocycles. The minimum atomic E-state index is -0.618. The molecule has 17 heavy (non-hydrogen) atoms. The van der Waals surface area contributed by atoms with Gasteiger partial charge in [-0.05, 0) is 25.5 Å². The Bertz CT molecular complexity index is 480. The van der Waals surface area contributed by atoms with E-state index in [1.165, 1.54) is 6.07 Å². The summed E-state index contributed by atoms with van der Waals surface area (Å²) in [4.78, 5) is 10.2. The van der Waals surface area contributed by atoms with Crippen LogP contribution in [-0.2, 0) is 0 Å². The van der Waals surface area contributed by atoms with Gasteiger partial charge in [0.15, 0.2) is 0 Å². The van der Waals surface area contributed by atoms with Crippen LogP contribution in [0.5, 0.6) is 0 Å². The fourth-order valence-corrected chi connectivity index (χ4v) is 1.43. The summed E-state index contributed by atoms with van der Waals surface area (Å²) in [6.07, 6.45) is 5.59. The summed E-state index contributed by atoms with van der Waals surface area (Å²) in [6, 6.07) is 2.23. The maximum absolute atomic E-state index is 13.2. The average molecular weight is 236 g/mol. The van der Waals surface area contributed by atoms with Crippen molar-refractivity contribution in [3.05, 3.63) is 33.6 Å². The zero-order valence-corrected chi connectivity index (χ0v) is 9.66. The van der Waals surface area contributed by atoms with Crippen LogP contribution >= 0.6 is 0 Å². The molecule has 0 aliphatic heterocycles. The maximum atomic E-state index is 13.2. The molecule has 0 saturated heterocycles. The van der Waals surface area contributed by atoms with Crippen LogP contribution in [0.15, 0.2) is 12.1 Å². The zero-order valence-electron chi connectivity index (χ0n) is 9.66. The molecule has 0 fully saturated rings. The number of aryl methyl sites for hydroxylation is 1. The summed E-state index contributed by atoms with van der Waals surface area (Å²) in [6.45, 7) is 3.36. The molecule has 0 aliphatic rings. The largest absolute Gasteiger partial charge is 0.376 e. The standard InChI is InChI=1S/C12H13FN2O2/c1-4-5-9(3)14-11-6-8(2)10(13)7-12(11)15(16)17/h1,6-7,9,14H,5H2,2-3H3. The summed E-state index contributed by atoms with van der Waals surface area (Å²) in [5.74, 6) is 1.87. The van der Waals surface area contributed by atoms with Crippen molar-refractivity contribution in [3.8, 4) is 12.3 Å². The number of benzene rings is 1. The number of terminal acetylenes is 1. The van der Waals surface area contributed by atoms with Gasteiger partial charge in [-0.2, -0.15) is 0 Å². The van der Waals surface area contributed by atoms with Crippen LogP contribution in [-0.4, -0.2) is 11.0 Å². The number of halogens is 1. The number of nitrogens with zero attached hydrogens (tertiary/aromatic N) is 1. The first kappa shape index (κ1) is 13.0. The highest BCUT2D eigenvalue weighted by atomic mass is 19.1. The van der Waals surface area contributed by atoms with Crippen molar-refractivity contribution in [2.24, 2.45) is 0 Å². The summed E-state index contributed by atoms with van der Waals surface area (Å²) in [7, 11) is 0. The van der Waals surface area contributed by atoms with Crippen molar-refractivity contribution in [3.63, 3.8) is 0 Å². The van der Waals surface area contributed by atoms with E-state index >= 15 is 0 Å². The molecule has 5 heteroatoms. The molecule has 1 rings (SSSR count). The van der Waals surface area contributed by atoms with Crippen molar-refractivity contribution in [2.45, 2.75) is 26.3 Å². The molecule has 0 saturated carbocycles. The van der Waals surface area contributed by atoms with E-state index < -0.39 is 10.7 Å². The molecule has 1 atom stereocenters. The molecule has 0 radical (unpaired) electrons. The van der Waals surface area contributed by atoms with Gasteiger partial charge in [0.2, 0.25) is 0 Å². The molecule has 0 aliphatic carbocycles. The van der Waals surface area contributed by atoms with Crippen molar-refractivity contribution in [1.82, 2.24) is 0 Å². The first-order chi connectivity index (χ1) is 7.95. The Labute approximate surface area is 99.0 Å². The third-order valence-corrected chi connectivity index (χ3v) is 2.30. The van der Waals surface area contributed by atoms with Crippen LogP contribution in [0.1, 0.15) is 18.9 Å². The molecule has 90 valence electrons. The van der Waals surface area contributed by atoms with Gasteiger partial charge in [-0.25, -0.2) is 4.39 Å². The number of nitro benzene ring substituents is 1. The van der Waals surface area contributed by atoms with Gasteiger partial charge in [0, 0.05) is 12.5 Å². The van der Waals surface area contributed by atoms with Gasteiger partial charge >= 0.3 is 0 Å². The first-order valence-electron chi connectivity index (χ1n) is 5.10. The lowest BCUT2D eigenvalue weighted by atomic mass is 10.1. The Balaban J connectivity index is 3.09. The van der Waals surface area contributed by atoms with E-state index in [1.54, 1.807) is 6.92 Å². The average Bonchev–Trinajstić information content (AvgIpc) is 2.23. The zero-order chi connectivity index (χ0) is 13.0. The van der Waals surface area contributed by atoms with Crippen LogP contribution < -0.4 is 5.32 Å². The predicted molar refractivity (Wildman–Crippen MR) is 64.3 cm³/mol. The summed E-state index contributed by atoms with van der Waals surface area (Å²) in [5.41, 5.74) is 0.361. The van der Waals surface area contributed by atoms with Crippen molar-refractivity contribution in [1.29, 1.82) is 0 Å². The SMILES string of the molecule is C#CCC(C)Nc1cc(C)c(F)cc1[N+](=O)[O-]. The van der Waals surface area contributed by atoms with Crippen LogP contribution in [0, 0.1) is 35.2 Å². The molecule has 1 aromatic rings. The Morgan fingerprint density at radius 3 is 2.82 bits per heavy atom. The van der Waals surface area contributed by atoms with E-state index in [-0.39, 0.29) is 17.4 Å². The van der Waals surface area contributed by atoms with E-state index in [9.17, 15) is 14.5 Å². The topological polar surface area (TPSA) is 55.2 Å². The third-order valence-electron chi connectivity index (χ3n) is 2.30. The van der Waals surface area contributed by atoms with E-state index in [1.807, 2.05) is 6.92 Å². The van der Waals surface area contributed by atoms with Gasteiger partial charge in [0.25, 0.3) is 5.69 Å². The normalized spacial score (nSPS) is 11.6. The highest BCUT2D eigenvalue weighted by Crippen LogP contribution is 2.28. The first-order valence-corrected chi connectivity index (χ1v) is 5.10. The Kier molecular flexibility index (Phi) is 4.05. The van der Waals surface area contributed by atoms with Crippen LogP contribution in [0.2, 0.25) is 0 Å². The Morgan fingerprint density at radius 2 is 2.29 bits per heavy atom. The number of hydrogen-bond acceptors (Lipinski definition) is 3. The summed E-state index contributed by atoms with van der Waals surface area (Å²) >= 11 is 0. The number of rotatable bonds is 4. The second-order valence-corrected chi connectivity index (χ2v) is 3.83. The maximum Gasteiger partial charge on any atom is 0.295 e. The molecule has 0 aromatic heterocycles. The van der Waals surface area contributed by atoms with E-state index in [2.05, 4.69) is 11.2 Å². The minimum Gasteiger partial charge on any atom is -0.376 e. The fourth-order valence-electron chi connectivity index (χ4n) is 1.43. The Morgan fingerprint density at radius 1 is 1.65 bits per heavy atom. The van der Waals surface area contributed by atoms with Crippen molar-refractivity contribution in [2.75, 3.05) is 5.32 Å². The monoisotopic (exact) mass is 236 g/mol. The molecule has 0 bridgehead atoms. The summed E-state index contributed by atoms with van der Waals surface area (Å²) in [5, 5.41) is 13.7. The van der Waals surface area contributed by atoms with Gasteiger partial charge in [-0.1, -0.05) is 0 Å². The Hall–Kier alpha value is -2.09. The molecule has 4 nitrogen and oxygen atoms in total. The smallest absolute Gasteiger partial charge is 0.295 e.